The van der Waals surface area contributed by atoms with Gasteiger partial charge in [0.1, 0.15) is 34.6 Å². The number of benzene rings is 4. The van der Waals surface area contributed by atoms with Gasteiger partial charge in [0.05, 0.1) is 5.56 Å². The Morgan fingerprint density at radius 1 is 0.575 bits per heavy atom. The molecule has 0 radical (unpaired) electrons. The van der Waals surface area contributed by atoms with Crippen LogP contribution in [-0.4, -0.2) is 0 Å². The first-order valence-electron chi connectivity index (χ1n) is 12.2. The Kier molecular flexibility index (Phi) is 7.29. The molecule has 5 rings (SSSR count). The largest absolute Gasteiger partial charge is 0.432 e. The van der Waals surface area contributed by atoms with Gasteiger partial charge in [0, 0.05) is 12.1 Å². The standard InChI is InChI=1S/C30H19F9O/c31-21-9-18(17-7-5-16(6-8-17)15-3-1-2-4-15)10-22(32)27(21)19-11-23(33)28(24(34)12-19)30(38,39)40-20-13-25(35)29(37)26(36)14-20/h5-15H,1-4H2. The van der Waals surface area contributed by atoms with Crippen molar-refractivity contribution in [1.29, 1.82) is 0 Å². The molecule has 0 bridgehead atoms. The van der Waals surface area contributed by atoms with Gasteiger partial charge in [-0.15, -0.1) is 0 Å². The van der Waals surface area contributed by atoms with Gasteiger partial charge >= 0.3 is 6.11 Å². The zero-order valence-corrected chi connectivity index (χ0v) is 20.5. The van der Waals surface area contributed by atoms with E-state index in [1.54, 1.807) is 12.1 Å². The lowest BCUT2D eigenvalue weighted by molar-refractivity contribution is -0.189. The molecule has 0 saturated heterocycles. The topological polar surface area (TPSA) is 9.23 Å². The third-order valence-corrected chi connectivity index (χ3v) is 6.94. The molecule has 1 nitrogen and oxygen atoms in total. The predicted molar refractivity (Wildman–Crippen MR) is 129 cm³/mol. The Balaban J connectivity index is 1.44. The first-order chi connectivity index (χ1) is 18.9. The Morgan fingerprint density at radius 2 is 1.07 bits per heavy atom. The highest BCUT2D eigenvalue weighted by Crippen LogP contribution is 2.40. The Labute approximate surface area is 222 Å². The maximum atomic E-state index is 15.0. The molecule has 1 saturated carbocycles. The average Bonchev–Trinajstić information content (AvgIpc) is 3.41. The van der Waals surface area contributed by atoms with Gasteiger partial charge in [0.25, 0.3) is 0 Å². The number of ether oxygens (including phenoxy) is 1. The Morgan fingerprint density at radius 3 is 1.60 bits per heavy atom. The molecule has 0 N–H and O–H groups in total. The third kappa shape index (κ3) is 5.26. The second-order valence-electron chi connectivity index (χ2n) is 9.55. The van der Waals surface area contributed by atoms with Gasteiger partial charge in [-0.25, -0.2) is 30.7 Å². The van der Waals surface area contributed by atoms with Gasteiger partial charge in [-0.3, -0.25) is 0 Å². The molecule has 4 aromatic carbocycles. The molecule has 1 aliphatic carbocycles. The molecule has 1 aliphatic rings. The minimum Gasteiger partial charge on any atom is -0.429 e. The number of halogens is 9. The molecule has 208 valence electrons. The van der Waals surface area contributed by atoms with E-state index in [-0.39, 0.29) is 29.8 Å². The highest BCUT2D eigenvalue weighted by Gasteiger charge is 2.42. The van der Waals surface area contributed by atoms with Crippen LogP contribution < -0.4 is 4.74 Å². The van der Waals surface area contributed by atoms with E-state index in [1.807, 2.05) is 12.1 Å². The summed E-state index contributed by atoms with van der Waals surface area (Å²) >= 11 is 0. The normalized spacial score (nSPS) is 14.1. The van der Waals surface area contributed by atoms with Crippen molar-refractivity contribution in [2.24, 2.45) is 0 Å². The van der Waals surface area contributed by atoms with Crippen molar-refractivity contribution >= 4 is 0 Å². The molecule has 0 spiro atoms. The Hall–Kier alpha value is -3.95. The van der Waals surface area contributed by atoms with Crippen LogP contribution in [0.4, 0.5) is 39.5 Å². The van der Waals surface area contributed by atoms with Crippen molar-refractivity contribution in [2.75, 3.05) is 0 Å². The van der Waals surface area contributed by atoms with Crippen molar-refractivity contribution in [3.63, 3.8) is 0 Å². The van der Waals surface area contributed by atoms with Gasteiger partial charge in [-0.1, -0.05) is 37.1 Å². The van der Waals surface area contributed by atoms with Crippen molar-refractivity contribution in [3.05, 3.63) is 113 Å². The fourth-order valence-corrected chi connectivity index (χ4v) is 5.01. The summed E-state index contributed by atoms with van der Waals surface area (Å²) in [7, 11) is 0. The maximum Gasteiger partial charge on any atom is 0.432 e. The fraction of sp³-hybridized carbons (Fsp3) is 0.200. The van der Waals surface area contributed by atoms with Crippen LogP contribution in [-0.2, 0) is 6.11 Å². The summed E-state index contributed by atoms with van der Waals surface area (Å²) in [5.74, 6) is -12.8. The summed E-state index contributed by atoms with van der Waals surface area (Å²) in [5.41, 5.74) is -1.77. The fourth-order valence-electron chi connectivity index (χ4n) is 5.01. The summed E-state index contributed by atoms with van der Waals surface area (Å²) in [4.78, 5) is 0. The number of alkyl halides is 2. The van der Waals surface area contributed by atoms with E-state index in [0.29, 0.717) is 11.5 Å². The third-order valence-electron chi connectivity index (χ3n) is 6.94. The van der Waals surface area contributed by atoms with Crippen LogP contribution in [0.25, 0.3) is 22.3 Å². The highest BCUT2D eigenvalue weighted by molar-refractivity contribution is 5.72. The molecule has 0 unspecified atom stereocenters. The van der Waals surface area contributed by atoms with Crippen molar-refractivity contribution in [1.82, 2.24) is 0 Å². The van der Waals surface area contributed by atoms with E-state index in [4.69, 9.17) is 0 Å². The molecule has 0 atom stereocenters. The van der Waals surface area contributed by atoms with Crippen molar-refractivity contribution < 1.29 is 44.3 Å². The summed E-state index contributed by atoms with van der Waals surface area (Å²) in [6.45, 7) is 0. The van der Waals surface area contributed by atoms with Crippen LogP contribution in [0, 0.1) is 40.7 Å². The molecule has 0 amide bonds. The van der Waals surface area contributed by atoms with Crippen molar-refractivity contribution in [3.8, 4) is 28.0 Å². The van der Waals surface area contributed by atoms with Crippen LogP contribution in [0.2, 0.25) is 0 Å². The van der Waals surface area contributed by atoms with Gasteiger partial charge in [0.2, 0.25) is 0 Å². The summed E-state index contributed by atoms with van der Waals surface area (Å²) in [5, 5.41) is 0. The molecule has 0 aliphatic heterocycles. The van der Waals surface area contributed by atoms with E-state index in [9.17, 15) is 30.7 Å². The lowest BCUT2D eigenvalue weighted by atomic mass is 9.94. The summed E-state index contributed by atoms with van der Waals surface area (Å²) in [6, 6.07) is 9.80. The van der Waals surface area contributed by atoms with Crippen LogP contribution in [0.3, 0.4) is 0 Å². The van der Waals surface area contributed by atoms with Crippen LogP contribution in [0.1, 0.15) is 42.7 Å². The summed E-state index contributed by atoms with van der Waals surface area (Å²) < 4.78 is 133. The summed E-state index contributed by atoms with van der Waals surface area (Å²) in [6.07, 6.45) is -0.402. The second-order valence-corrected chi connectivity index (χ2v) is 9.55. The molecule has 10 heteroatoms. The lowest BCUT2D eigenvalue weighted by Gasteiger charge is -2.20. The molecule has 1 fully saturated rings. The van der Waals surface area contributed by atoms with Gasteiger partial charge < -0.3 is 4.74 Å². The SMILES string of the molecule is Fc1cc(OC(F)(F)c2c(F)cc(-c3c(F)cc(-c4ccc(C5CCCC5)cc4)cc3F)cc2F)cc(F)c1F. The average molecular weight is 566 g/mol. The monoisotopic (exact) mass is 566 g/mol. The lowest BCUT2D eigenvalue weighted by Crippen LogP contribution is -2.25. The quantitative estimate of drug-likeness (QED) is 0.167. The first kappa shape index (κ1) is 27.6. The van der Waals surface area contributed by atoms with E-state index in [2.05, 4.69) is 4.74 Å². The predicted octanol–water partition coefficient (Wildman–Crippen LogP) is 9.78. The van der Waals surface area contributed by atoms with E-state index in [1.165, 1.54) is 0 Å². The van der Waals surface area contributed by atoms with Crippen LogP contribution >= 0.6 is 0 Å². The number of hydrogen-bond donors (Lipinski definition) is 0. The second kappa shape index (κ2) is 10.6. The van der Waals surface area contributed by atoms with Gasteiger partial charge in [0.15, 0.2) is 17.5 Å². The van der Waals surface area contributed by atoms with E-state index < -0.39 is 69.3 Å². The zero-order chi connectivity index (χ0) is 28.8. The highest BCUT2D eigenvalue weighted by atomic mass is 19.3. The molecule has 40 heavy (non-hydrogen) atoms. The number of rotatable bonds is 6. The maximum absolute atomic E-state index is 15.0. The minimum absolute atomic E-state index is 0.0606. The van der Waals surface area contributed by atoms with Gasteiger partial charge in [-0.2, -0.15) is 8.78 Å². The first-order valence-corrected chi connectivity index (χ1v) is 12.2. The molecular formula is C30H19F9O. The molecular weight excluding hydrogens is 547 g/mol. The number of hydrogen-bond acceptors (Lipinski definition) is 1. The van der Waals surface area contributed by atoms with Crippen LogP contribution in [0.15, 0.2) is 60.7 Å². The van der Waals surface area contributed by atoms with Crippen molar-refractivity contribution in [2.45, 2.75) is 37.7 Å². The van der Waals surface area contributed by atoms with E-state index >= 15 is 8.78 Å². The molecule has 4 aromatic rings. The Bertz CT molecular complexity index is 1510. The van der Waals surface area contributed by atoms with Gasteiger partial charge in [-0.05, 0) is 65.3 Å². The zero-order valence-electron chi connectivity index (χ0n) is 20.5. The van der Waals surface area contributed by atoms with E-state index in [0.717, 1.165) is 43.4 Å². The molecule has 0 aromatic heterocycles. The smallest absolute Gasteiger partial charge is 0.429 e. The minimum atomic E-state index is -4.84. The molecule has 0 heterocycles. The van der Waals surface area contributed by atoms with Crippen LogP contribution in [0.5, 0.6) is 5.75 Å².